The molecule has 2 rings (SSSR count). The van der Waals surface area contributed by atoms with Gasteiger partial charge in [-0.2, -0.15) is 4.98 Å². The van der Waals surface area contributed by atoms with Crippen molar-refractivity contribution >= 4 is 27.7 Å². The van der Waals surface area contributed by atoms with Crippen LogP contribution in [-0.4, -0.2) is 22.6 Å². The van der Waals surface area contributed by atoms with Gasteiger partial charge in [0.1, 0.15) is 5.82 Å². The molecule has 1 fully saturated rings. The standard InChI is InChI=1S/C13H21BrN4/c1-9(2)8-18(10-5-3-4-6-10)12-11(14)7-16-13(15)17-12/h7,9-10H,3-6,8H2,1-2H3,(H2,15,16,17). The van der Waals surface area contributed by atoms with Crippen LogP contribution in [0.1, 0.15) is 39.5 Å². The van der Waals surface area contributed by atoms with Gasteiger partial charge in [-0.05, 0) is 34.7 Å². The minimum atomic E-state index is 0.347. The Kier molecular flexibility index (Phi) is 4.43. The number of hydrogen-bond acceptors (Lipinski definition) is 4. The van der Waals surface area contributed by atoms with Crippen LogP contribution in [0, 0.1) is 5.92 Å². The van der Waals surface area contributed by atoms with Gasteiger partial charge in [0.15, 0.2) is 0 Å². The van der Waals surface area contributed by atoms with E-state index in [0.717, 1.165) is 16.8 Å². The number of rotatable bonds is 4. The van der Waals surface area contributed by atoms with E-state index in [1.807, 2.05) is 0 Å². The lowest BCUT2D eigenvalue weighted by atomic mass is 10.1. The molecule has 1 saturated carbocycles. The lowest BCUT2D eigenvalue weighted by Crippen LogP contribution is -2.37. The molecule has 1 aromatic heterocycles. The molecule has 0 aliphatic heterocycles. The maximum atomic E-state index is 5.73. The number of nitrogens with zero attached hydrogens (tertiary/aromatic N) is 3. The molecule has 0 saturated heterocycles. The van der Waals surface area contributed by atoms with Crippen LogP contribution < -0.4 is 10.6 Å². The molecule has 1 aliphatic carbocycles. The molecule has 5 heteroatoms. The molecule has 0 bridgehead atoms. The van der Waals surface area contributed by atoms with E-state index in [-0.39, 0.29) is 0 Å². The lowest BCUT2D eigenvalue weighted by molar-refractivity contribution is 0.530. The van der Waals surface area contributed by atoms with Crippen LogP contribution in [0.4, 0.5) is 11.8 Å². The Labute approximate surface area is 117 Å². The van der Waals surface area contributed by atoms with E-state index in [1.54, 1.807) is 6.20 Å². The molecular formula is C13H21BrN4. The third-order valence-corrected chi connectivity index (χ3v) is 3.90. The smallest absolute Gasteiger partial charge is 0.222 e. The quantitative estimate of drug-likeness (QED) is 0.927. The van der Waals surface area contributed by atoms with Crippen LogP contribution >= 0.6 is 15.9 Å². The average molecular weight is 313 g/mol. The number of anilines is 2. The van der Waals surface area contributed by atoms with E-state index >= 15 is 0 Å². The second-order valence-electron chi connectivity index (χ2n) is 5.38. The molecule has 100 valence electrons. The molecule has 0 unspecified atom stereocenters. The van der Waals surface area contributed by atoms with Crippen molar-refractivity contribution in [2.24, 2.45) is 5.92 Å². The molecule has 1 heterocycles. The first-order valence-corrected chi connectivity index (χ1v) is 7.42. The zero-order valence-corrected chi connectivity index (χ0v) is 12.7. The summed E-state index contributed by atoms with van der Waals surface area (Å²) in [5, 5.41) is 0. The van der Waals surface area contributed by atoms with Gasteiger partial charge in [-0.1, -0.05) is 26.7 Å². The first kappa shape index (κ1) is 13.6. The molecule has 0 radical (unpaired) electrons. The monoisotopic (exact) mass is 312 g/mol. The maximum absolute atomic E-state index is 5.73. The van der Waals surface area contributed by atoms with Crippen molar-refractivity contribution in [1.82, 2.24) is 9.97 Å². The Morgan fingerprint density at radius 1 is 1.44 bits per heavy atom. The Bertz CT molecular complexity index is 402. The predicted octanol–water partition coefficient (Wildman–Crippen LogP) is 3.23. The van der Waals surface area contributed by atoms with Crippen LogP contribution in [0.15, 0.2) is 10.7 Å². The normalized spacial score (nSPS) is 16.4. The van der Waals surface area contributed by atoms with Crippen molar-refractivity contribution in [3.05, 3.63) is 10.7 Å². The van der Waals surface area contributed by atoms with E-state index in [4.69, 9.17) is 5.73 Å². The molecule has 1 aromatic rings. The Morgan fingerprint density at radius 3 is 2.72 bits per heavy atom. The minimum absolute atomic E-state index is 0.347. The van der Waals surface area contributed by atoms with Crippen molar-refractivity contribution in [3.8, 4) is 0 Å². The van der Waals surface area contributed by atoms with Gasteiger partial charge in [-0.3, -0.25) is 0 Å². The molecule has 0 amide bonds. The Balaban J connectivity index is 2.29. The topological polar surface area (TPSA) is 55.0 Å². The second kappa shape index (κ2) is 5.87. The van der Waals surface area contributed by atoms with Gasteiger partial charge in [-0.15, -0.1) is 0 Å². The number of nitrogen functional groups attached to an aromatic ring is 1. The summed E-state index contributed by atoms with van der Waals surface area (Å²) >= 11 is 3.55. The second-order valence-corrected chi connectivity index (χ2v) is 6.24. The van der Waals surface area contributed by atoms with E-state index in [9.17, 15) is 0 Å². The lowest BCUT2D eigenvalue weighted by Gasteiger charge is -2.32. The highest BCUT2D eigenvalue weighted by atomic mass is 79.9. The third-order valence-electron chi connectivity index (χ3n) is 3.34. The van der Waals surface area contributed by atoms with Crippen LogP contribution in [0.25, 0.3) is 0 Å². The fourth-order valence-corrected chi connectivity index (χ4v) is 3.01. The Morgan fingerprint density at radius 2 is 2.11 bits per heavy atom. The summed E-state index contributed by atoms with van der Waals surface area (Å²) in [6.07, 6.45) is 6.89. The van der Waals surface area contributed by atoms with Crippen molar-refractivity contribution in [2.75, 3.05) is 17.2 Å². The molecule has 0 spiro atoms. The fourth-order valence-electron chi connectivity index (χ4n) is 2.59. The zero-order valence-electron chi connectivity index (χ0n) is 11.1. The number of aromatic nitrogens is 2. The van der Waals surface area contributed by atoms with E-state index in [0.29, 0.717) is 17.9 Å². The van der Waals surface area contributed by atoms with Crippen molar-refractivity contribution in [3.63, 3.8) is 0 Å². The van der Waals surface area contributed by atoms with Gasteiger partial charge in [0.2, 0.25) is 5.95 Å². The highest BCUT2D eigenvalue weighted by Gasteiger charge is 2.26. The average Bonchev–Trinajstić information content (AvgIpc) is 2.82. The molecule has 0 aromatic carbocycles. The maximum Gasteiger partial charge on any atom is 0.222 e. The van der Waals surface area contributed by atoms with Gasteiger partial charge in [-0.25, -0.2) is 4.98 Å². The van der Waals surface area contributed by atoms with Gasteiger partial charge in [0.25, 0.3) is 0 Å². The van der Waals surface area contributed by atoms with Crippen LogP contribution in [-0.2, 0) is 0 Å². The molecule has 18 heavy (non-hydrogen) atoms. The summed E-state index contributed by atoms with van der Waals surface area (Å²) in [6.45, 7) is 5.49. The largest absolute Gasteiger partial charge is 0.368 e. The molecular weight excluding hydrogens is 292 g/mol. The number of halogens is 1. The van der Waals surface area contributed by atoms with E-state index in [2.05, 4.69) is 44.6 Å². The van der Waals surface area contributed by atoms with Gasteiger partial charge >= 0.3 is 0 Å². The van der Waals surface area contributed by atoms with E-state index in [1.165, 1.54) is 25.7 Å². The minimum Gasteiger partial charge on any atom is -0.368 e. The van der Waals surface area contributed by atoms with Crippen molar-refractivity contribution in [1.29, 1.82) is 0 Å². The van der Waals surface area contributed by atoms with E-state index < -0.39 is 0 Å². The van der Waals surface area contributed by atoms with Gasteiger partial charge in [0, 0.05) is 18.8 Å². The molecule has 2 N–H and O–H groups in total. The SMILES string of the molecule is CC(C)CN(c1nc(N)ncc1Br)C1CCCC1. The zero-order chi connectivity index (χ0) is 13.1. The summed E-state index contributed by atoms with van der Waals surface area (Å²) in [7, 11) is 0. The van der Waals surface area contributed by atoms with Crippen LogP contribution in [0.2, 0.25) is 0 Å². The highest BCUT2D eigenvalue weighted by Crippen LogP contribution is 2.32. The fraction of sp³-hybridized carbons (Fsp3) is 0.692. The van der Waals surface area contributed by atoms with Crippen molar-refractivity contribution in [2.45, 2.75) is 45.6 Å². The predicted molar refractivity (Wildman–Crippen MR) is 78.6 cm³/mol. The molecule has 4 nitrogen and oxygen atoms in total. The summed E-state index contributed by atoms with van der Waals surface area (Å²) in [5.41, 5.74) is 5.73. The molecule has 1 aliphatic rings. The summed E-state index contributed by atoms with van der Waals surface area (Å²) in [4.78, 5) is 10.8. The van der Waals surface area contributed by atoms with Gasteiger partial charge in [0.05, 0.1) is 4.47 Å². The first-order valence-electron chi connectivity index (χ1n) is 6.62. The first-order chi connectivity index (χ1) is 8.58. The van der Waals surface area contributed by atoms with Crippen LogP contribution in [0.3, 0.4) is 0 Å². The summed E-state index contributed by atoms with van der Waals surface area (Å²) < 4.78 is 0.934. The number of nitrogens with two attached hydrogens (primary N) is 1. The van der Waals surface area contributed by atoms with Crippen molar-refractivity contribution < 1.29 is 0 Å². The van der Waals surface area contributed by atoms with Crippen LogP contribution in [0.5, 0.6) is 0 Å². The third kappa shape index (κ3) is 3.13. The van der Waals surface area contributed by atoms with Gasteiger partial charge < -0.3 is 10.6 Å². The molecule has 0 atom stereocenters. The summed E-state index contributed by atoms with van der Waals surface area (Å²) in [5.74, 6) is 1.90. The highest BCUT2D eigenvalue weighted by molar-refractivity contribution is 9.10. The number of hydrogen-bond donors (Lipinski definition) is 1. The Hall–Kier alpha value is -0.840. The summed E-state index contributed by atoms with van der Waals surface area (Å²) in [6, 6.07) is 0.595.